The van der Waals surface area contributed by atoms with Crippen LogP contribution in [0.3, 0.4) is 0 Å². The molecule has 0 atom stereocenters. The second-order valence-corrected chi connectivity index (χ2v) is 8.81. The monoisotopic (exact) mass is 431 g/mol. The van der Waals surface area contributed by atoms with E-state index in [0.29, 0.717) is 0 Å². The summed E-state index contributed by atoms with van der Waals surface area (Å²) in [4.78, 5) is 0. The van der Waals surface area contributed by atoms with Gasteiger partial charge in [-0.25, -0.2) is 0 Å². The van der Waals surface area contributed by atoms with Gasteiger partial charge in [-0.1, -0.05) is 90.8 Å². The van der Waals surface area contributed by atoms with Gasteiger partial charge >= 0.3 is 0 Å². The van der Waals surface area contributed by atoms with Gasteiger partial charge in [0.1, 0.15) is 0 Å². The average molecular weight is 431 g/mol. The summed E-state index contributed by atoms with van der Waals surface area (Å²) in [5.74, 6) is 4.92. The zero-order chi connectivity index (χ0) is 20.1. The van der Waals surface area contributed by atoms with E-state index in [4.69, 9.17) is 12.8 Å². The van der Waals surface area contributed by atoms with Crippen LogP contribution in [0.2, 0.25) is 0 Å². The normalized spacial score (nSPS) is 10.6. The van der Waals surface area contributed by atoms with Crippen LogP contribution in [0.5, 0.6) is 0 Å². The van der Waals surface area contributed by atoms with Crippen molar-refractivity contribution in [2.24, 2.45) is 0 Å². The van der Waals surface area contributed by atoms with Crippen molar-refractivity contribution in [1.82, 2.24) is 0 Å². The zero-order valence-electron chi connectivity index (χ0n) is 18.0. The first-order chi connectivity index (χ1) is 11.9. The molecule has 0 aliphatic heterocycles. The fourth-order valence-corrected chi connectivity index (χ4v) is 2.45. The molecule has 0 aliphatic carbocycles. The quantitative estimate of drug-likeness (QED) is 0.332. The molecule has 0 nitrogen and oxygen atoms in total. The van der Waals surface area contributed by atoms with Crippen molar-refractivity contribution in [3.63, 3.8) is 0 Å². The van der Waals surface area contributed by atoms with E-state index in [1.54, 1.807) is 0 Å². The zero-order valence-corrected chi connectivity index (χ0v) is 20.9. The predicted octanol–water partition coefficient (Wildman–Crippen LogP) is 6.46. The summed E-state index contributed by atoms with van der Waals surface area (Å²) in [7, 11) is 0. The number of hydrogen-bond acceptors (Lipinski definition) is 0. The number of rotatable bonds is 0. The van der Waals surface area contributed by atoms with Gasteiger partial charge in [-0.05, 0) is 10.8 Å². The molecule has 0 amide bonds. The van der Waals surface area contributed by atoms with E-state index in [1.165, 1.54) is 11.1 Å². The van der Waals surface area contributed by atoms with Crippen LogP contribution in [-0.4, -0.2) is 0 Å². The minimum Gasteiger partial charge on any atom is -0.366 e. The first kappa shape index (κ1) is 25.7. The van der Waals surface area contributed by atoms with Crippen molar-refractivity contribution in [3.05, 3.63) is 82.6 Å². The standard InChI is InChI=1S/2C13H15.Y/c2*1-6-11-9-12(13(3,4)5)8-7-10(11)2;/h2*7-9H,2-5H3;/q2*-1;. The molecule has 1 radical (unpaired) electrons. The molecule has 0 heterocycles. The van der Waals surface area contributed by atoms with Crippen LogP contribution in [0.1, 0.15) is 74.9 Å². The Kier molecular flexibility index (Phi) is 9.77. The van der Waals surface area contributed by atoms with Crippen LogP contribution < -0.4 is 0 Å². The van der Waals surface area contributed by atoms with Crippen LogP contribution in [0.4, 0.5) is 0 Å². The molecule has 0 N–H and O–H groups in total. The summed E-state index contributed by atoms with van der Waals surface area (Å²) in [5.41, 5.74) is 6.84. The molecule has 0 spiro atoms. The van der Waals surface area contributed by atoms with Gasteiger partial charge in [0.05, 0.1) is 0 Å². The van der Waals surface area contributed by atoms with Crippen molar-refractivity contribution in [3.8, 4) is 11.8 Å². The summed E-state index contributed by atoms with van der Waals surface area (Å²) >= 11 is 0. The molecule has 0 fully saturated rings. The summed E-state index contributed by atoms with van der Waals surface area (Å²) in [6, 6.07) is 12.4. The SMILES string of the molecule is [C-]#Cc1cc(C(C)(C)C)ccc1C.[C-]#Cc1cc(C(C)(C)C)ccc1C.[Y]. The number of aryl methyl sites for hydroxylation is 2. The first-order valence-electron chi connectivity index (χ1n) is 8.98. The van der Waals surface area contributed by atoms with Crippen LogP contribution in [0.25, 0.3) is 0 Å². The van der Waals surface area contributed by atoms with Gasteiger partial charge in [-0.3, -0.25) is 11.8 Å². The predicted molar refractivity (Wildman–Crippen MR) is 112 cm³/mol. The van der Waals surface area contributed by atoms with Crippen LogP contribution in [0.15, 0.2) is 36.4 Å². The fourth-order valence-electron chi connectivity index (χ4n) is 2.45. The fraction of sp³-hybridized carbons (Fsp3) is 0.385. The van der Waals surface area contributed by atoms with Gasteiger partial charge in [0.25, 0.3) is 0 Å². The van der Waals surface area contributed by atoms with Gasteiger partial charge in [0, 0.05) is 32.7 Å². The summed E-state index contributed by atoms with van der Waals surface area (Å²) in [6.45, 7) is 17.0. The van der Waals surface area contributed by atoms with Crippen molar-refractivity contribution < 1.29 is 32.7 Å². The van der Waals surface area contributed by atoms with Gasteiger partial charge < -0.3 is 12.8 Å². The maximum absolute atomic E-state index is 7.14. The Balaban J connectivity index is 0.000000483. The minimum absolute atomic E-state index is 0. The molecular formula is C26H30Y-2. The molecule has 27 heavy (non-hydrogen) atoms. The topological polar surface area (TPSA) is 0 Å². The van der Waals surface area contributed by atoms with Crippen molar-refractivity contribution in [1.29, 1.82) is 0 Å². The van der Waals surface area contributed by atoms with E-state index in [-0.39, 0.29) is 43.5 Å². The third-order valence-electron chi connectivity index (χ3n) is 4.48. The van der Waals surface area contributed by atoms with Crippen molar-refractivity contribution in [2.75, 3.05) is 0 Å². The van der Waals surface area contributed by atoms with E-state index < -0.39 is 0 Å². The van der Waals surface area contributed by atoms with Gasteiger partial charge in [0.15, 0.2) is 0 Å². The van der Waals surface area contributed by atoms with E-state index in [9.17, 15) is 0 Å². The Hall–Kier alpha value is -1.34. The number of benzene rings is 2. The molecule has 2 rings (SSSR count). The van der Waals surface area contributed by atoms with Gasteiger partial charge in [-0.2, -0.15) is 0 Å². The summed E-state index contributed by atoms with van der Waals surface area (Å²) in [5, 5.41) is 0. The van der Waals surface area contributed by atoms with Crippen molar-refractivity contribution in [2.45, 2.75) is 66.2 Å². The van der Waals surface area contributed by atoms with Crippen LogP contribution in [0, 0.1) is 38.5 Å². The molecule has 0 saturated heterocycles. The Morgan fingerprint density at radius 3 is 1.15 bits per heavy atom. The summed E-state index contributed by atoms with van der Waals surface area (Å²) < 4.78 is 0. The Labute approximate surface area is 192 Å². The molecule has 1 heteroatoms. The molecule has 0 bridgehead atoms. The van der Waals surface area contributed by atoms with Gasteiger partial charge in [0.2, 0.25) is 0 Å². The molecule has 0 aromatic heterocycles. The maximum Gasteiger partial charge on any atom is 0 e. The third-order valence-corrected chi connectivity index (χ3v) is 4.48. The largest absolute Gasteiger partial charge is 0.366 e. The second kappa shape index (κ2) is 10.3. The summed E-state index contributed by atoms with van der Waals surface area (Å²) in [6.07, 6.45) is 14.3. The van der Waals surface area contributed by atoms with E-state index in [1.807, 2.05) is 26.0 Å². The molecule has 0 aliphatic rings. The van der Waals surface area contributed by atoms with Crippen LogP contribution in [-0.2, 0) is 43.5 Å². The molecule has 2 aromatic carbocycles. The molecule has 0 unspecified atom stereocenters. The Morgan fingerprint density at radius 1 is 0.630 bits per heavy atom. The molecule has 2 aromatic rings. The van der Waals surface area contributed by atoms with Gasteiger partial charge in [-0.15, -0.1) is 34.4 Å². The molecule has 139 valence electrons. The molecular weight excluding hydrogens is 401 g/mol. The third kappa shape index (κ3) is 7.66. The Morgan fingerprint density at radius 2 is 0.926 bits per heavy atom. The first-order valence-corrected chi connectivity index (χ1v) is 8.98. The minimum atomic E-state index is 0. The molecule has 0 saturated carbocycles. The second-order valence-electron chi connectivity index (χ2n) is 8.81. The van der Waals surface area contributed by atoms with E-state index >= 15 is 0 Å². The smallest absolute Gasteiger partial charge is 0 e. The maximum atomic E-state index is 7.14. The van der Waals surface area contributed by atoms with E-state index in [2.05, 4.69) is 77.6 Å². The van der Waals surface area contributed by atoms with Crippen molar-refractivity contribution >= 4 is 0 Å². The van der Waals surface area contributed by atoms with E-state index in [0.717, 1.165) is 22.3 Å². The Bertz CT molecular complexity index is 770. The number of hydrogen-bond donors (Lipinski definition) is 0. The average Bonchev–Trinajstić information content (AvgIpc) is 2.54. The van der Waals surface area contributed by atoms with Crippen LogP contribution >= 0.6 is 0 Å².